The summed E-state index contributed by atoms with van der Waals surface area (Å²) in [6.45, 7) is 6.71. The fourth-order valence-corrected chi connectivity index (χ4v) is 4.87. The number of rotatable bonds is 8. The SMILES string of the molecule is CC(C)COc1ccc(CNC(=O)N(Cc2ccc(F)cc2)[C@H]2C[C@@H]3CCCN3C[C@@H]2F)cc1. The smallest absolute Gasteiger partial charge is 0.318 e. The van der Waals surface area contributed by atoms with Crippen LogP contribution in [0.15, 0.2) is 48.5 Å². The molecule has 0 bridgehead atoms. The first-order valence-electron chi connectivity index (χ1n) is 12.3. The van der Waals surface area contributed by atoms with Gasteiger partial charge in [-0.25, -0.2) is 13.6 Å². The maximum Gasteiger partial charge on any atom is 0.318 e. The molecule has 2 amide bonds. The summed E-state index contributed by atoms with van der Waals surface area (Å²) < 4.78 is 34.4. The highest BCUT2D eigenvalue weighted by Crippen LogP contribution is 2.32. The van der Waals surface area contributed by atoms with Gasteiger partial charge in [-0.3, -0.25) is 4.90 Å². The molecule has 2 aromatic rings. The van der Waals surface area contributed by atoms with Crippen LogP contribution in [-0.4, -0.2) is 53.8 Å². The van der Waals surface area contributed by atoms with Crippen LogP contribution in [0.2, 0.25) is 0 Å². The van der Waals surface area contributed by atoms with Crippen molar-refractivity contribution in [3.63, 3.8) is 0 Å². The number of nitrogens with zero attached hydrogens (tertiary/aromatic N) is 2. The fourth-order valence-electron chi connectivity index (χ4n) is 4.87. The van der Waals surface area contributed by atoms with E-state index in [4.69, 9.17) is 4.74 Å². The Morgan fingerprint density at radius 1 is 1.15 bits per heavy atom. The number of amides is 2. The number of fused-ring (bicyclic) bond motifs is 1. The van der Waals surface area contributed by atoms with Crippen LogP contribution in [0, 0.1) is 11.7 Å². The quantitative estimate of drug-likeness (QED) is 0.579. The number of ether oxygens (including phenoxy) is 1. The van der Waals surface area contributed by atoms with Crippen LogP contribution in [0.5, 0.6) is 5.75 Å². The van der Waals surface area contributed by atoms with Crippen molar-refractivity contribution in [2.75, 3.05) is 19.7 Å². The monoisotopic (exact) mass is 471 g/mol. The topological polar surface area (TPSA) is 44.8 Å². The van der Waals surface area contributed by atoms with Gasteiger partial charge >= 0.3 is 6.03 Å². The van der Waals surface area contributed by atoms with Crippen molar-refractivity contribution >= 4 is 6.03 Å². The van der Waals surface area contributed by atoms with Crippen molar-refractivity contribution in [1.29, 1.82) is 0 Å². The van der Waals surface area contributed by atoms with Crippen LogP contribution in [-0.2, 0) is 13.1 Å². The Hall–Kier alpha value is -2.67. The van der Waals surface area contributed by atoms with Crippen molar-refractivity contribution in [3.8, 4) is 5.75 Å². The van der Waals surface area contributed by atoms with E-state index >= 15 is 4.39 Å². The molecule has 0 spiro atoms. The molecule has 5 nitrogen and oxygen atoms in total. The zero-order valence-electron chi connectivity index (χ0n) is 20.1. The lowest BCUT2D eigenvalue weighted by atomic mass is 9.94. The predicted molar refractivity (Wildman–Crippen MR) is 129 cm³/mol. The maximum absolute atomic E-state index is 15.3. The van der Waals surface area contributed by atoms with Gasteiger partial charge in [0.2, 0.25) is 0 Å². The van der Waals surface area contributed by atoms with E-state index in [-0.39, 0.29) is 18.4 Å². The van der Waals surface area contributed by atoms with Crippen molar-refractivity contribution in [2.24, 2.45) is 5.92 Å². The third-order valence-electron chi connectivity index (χ3n) is 6.72. The number of hydrogen-bond acceptors (Lipinski definition) is 3. The molecule has 0 aromatic heterocycles. The van der Waals surface area contributed by atoms with Crippen LogP contribution >= 0.6 is 0 Å². The number of benzene rings is 2. The van der Waals surface area contributed by atoms with E-state index in [1.807, 2.05) is 24.3 Å². The number of nitrogens with one attached hydrogen (secondary N) is 1. The lowest BCUT2D eigenvalue weighted by Gasteiger charge is -2.42. The van der Waals surface area contributed by atoms with Gasteiger partial charge in [0.05, 0.1) is 12.6 Å². The number of halogens is 2. The Balaban J connectivity index is 1.43. The van der Waals surface area contributed by atoms with Crippen molar-refractivity contribution in [3.05, 3.63) is 65.5 Å². The normalized spacial score (nSPS) is 22.4. The first kappa shape index (κ1) is 24.5. The second-order valence-corrected chi connectivity index (χ2v) is 9.87. The van der Waals surface area contributed by atoms with E-state index in [0.29, 0.717) is 38.1 Å². The minimum Gasteiger partial charge on any atom is -0.493 e. The number of alkyl halides is 1. The predicted octanol–water partition coefficient (Wildman–Crippen LogP) is 5.15. The number of carbonyl (C=O) groups is 1. The first-order valence-corrected chi connectivity index (χ1v) is 12.3. The molecule has 0 unspecified atom stereocenters. The summed E-state index contributed by atoms with van der Waals surface area (Å²) in [6.07, 6.45) is 1.63. The van der Waals surface area contributed by atoms with E-state index in [2.05, 4.69) is 24.1 Å². The Morgan fingerprint density at radius 3 is 2.56 bits per heavy atom. The van der Waals surface area contributed by atoms with Crippen LogP contribution in [0.4, 0.5) is 13.6 Å². The second kappa shape index (κ2) is 11.2. The third-order valence-corrected chi connectivity index (χ3v) is 6.72. The summed E-state index contributed by atoms with van der Waals surface area (Å²) in [5, 5.41) is 2.97. The molecule has 4 rings (SSSR count). The number of carbonyl (C=O) groups excluding carboxylic acids is 1. The van der Waals surface area contributed by atoms with E-state index < -0.39 is 12.2 Å². The van der Waals surface area contributed by atoms with E-state index in [1.54, 1.807) is 17.0 Å². The number of urea groups is 1. The third kappa shape index (κ3) is 6.26. The van der Waals surface area contributed by atoms with E-state index in [1.165, 1.54) is 12.1 Å². The molecule has 0 aliphatic carbocycles. The molecule has 2 heterocycles. The molecule has 7 heteroatoms. The molecule has 2 aromatic carbocycles. The maximum atomic E-state index is 15.3. The van der Waals surface area contributed by atoms with Gasteiger partial charge < -0.3 is 15.0 Å². The molecular formula is C27H35F2N3O2. The van der Waals surface area contributed by atoms with E-state index in [0.717, 1.165) is 36.3 Å². The van der Waals surface area contributed by atoms with Crippen molar-refractivity contribution in [1.82, 2.24) is 15.1 Å². The summed E-state index contributed by atoms with van der Waals surface area (Å²) in [4.78, 5) is 17.1. The largest absolute Gasteiger partial charge is 0.493 e. The zero-order valence-corrected chi connectivity index (χ0v) is 20.1. The average molecular weight is 472 g/mol. The van der Waals surface area contributed by atoms with Crippen molar-refractivity contribution in [2.45, 2.75) is 64.5 Å². The molecule has 1 N–H and O–H groups in total. The molecular weight excluding hydrogens is 436 g/mol. The lowest BCUT2D eigenvalue weighted by molar-refractivity contribution is 0.0311. The van der Waals surface area contributed by atoms with Crippen LogP contribution in [0.1, 0.15) is 44.2 Å². The first-order chi connectivity index (χ1) is 16.4. The van der Waals surface area contributed by atoms with Gasteiger partial charge in [0.15, 0.2) is 0 Å². The molecule has 2 aliphatic rings. The summed E-state index contributed by atoms with van der Waals surface area (Å²) in [7, 11) is 0. The molecule has 2 fully saturated rings. The average Bonchev–Trinajstić information content (AvgIpc) is 3.28. The van der Waals surface area contributed by atoms with Crippen LogP contribution in [0.3, 0.4) is 0 Å². The van der Waals surface area contributed by atoms with Gasteiger partial charge in [0.1, 0.15) is 17.7 Å². The summed E-state index contributed by atoms with van der Waals surface area (Å²) in [5.74, 6) is 0.912. The zero-order chi connectivity index (χ0) is 24.1. The second-order valence-electron chi connectivity index (χ2n) is 9.87. The van der Waals surface area contributed by atoms with Crippen LogP contribution < -0.4 is 10.1 Å². The van der Waals surface area contributed by atoms with Gasteiger partial charge in [0.25, 0.3) is 0 Å². The van der Waals surface area contributed by atoms with E-state index in [9.17, 15) is 9.18 Å². The molecule has 34 heavy (non-hydrogen) atoms. The highest BCUT2D eigenvalue weighted by Gasteiger charge is 2.42. The van der Waals surface area contributed by atoms with Gasteiger partial charge in [0, 0.05) is 25.7 Å². The van der Waals surface area contributed by atoms with Crippen LogP contribution in [0.25, 0.3) is 0 Å². The van der Waals surface area contributed by atoms with Crippen molar-refractivity contribution < 1.29 is 18.3 Å². The minimum atomic E-state index is -1.11. The number of hydrogen-bond donors (Lipinski definition) is 1. The summed E-state index contributed by atoms with van der Waals surface area (Å²) in [6, 6.07) is 13.2. The molecule has 3 atom stereocenters. The molecule has 2 saturated heterocycles. The minimum absolute atomic E-state index is 0.242. The Morgan fingerprint density at radius 2 is 1.85 bits per heavy atom. The summed E-state index contributed by atoms with van der Waals surface area (Å²) in [5.41, 5.74) is 1.72. The van der Waals surface area contributed by atoms with Gasteiger partial charge in [-0.2, -0.15) is 0 Å². The molecule has 184 valence electrons. The molecule has 0 radical (unpaired) electrons. The number of piperidine rings is 1. The fraction of sp³-hybridized carbons (Fsp3) is 0.519. The van der Waals surface area contributed by atoms with Gasteiger partial charge in [-0.15, -0.1) is 0 Å². The Kier molecular flexibility index (Phi) is 8.03. The highest BCUT2D eigenvalue weighted by atomic mass is 19.1. The highest BCUT2D eigenvalue weighted by molar-refractivity contribution is 5.74. The lowest BCUT2D eigenvalue weighted by Crippen LogP contribution is -2.57. The Labute approximate surface area is 201 Å². The summed E-state index contributed by atoms with van der Waals surface area (Å²) >= 11 is 0. The van der Waals surface area contributed by atoms with Gasteiger partial charge in [-0.1, -0.05) is 38.1 Å². The van der Waals surface area contributed by atoms with Gasteiger partial charge in [-0.05, 0) is 67.1 Å². The Bertz CT molecular complexity index is 936. The molecule has 0 saturated carbocycles. The standard InChI is InChI=1S/C27H35F2N3O2/c1-19(2)18-34-24-11-7-20(8-12-24)15-30-27(33)32(16-21-5-9-22(28)10-6-21)26-14-23-4-3-13-31(23)17-25(26)29/h5-12,19,23,25-26H,3-4,13-18H2,1-2H3,(H,30,33)/t23-,25-,26-/m0/s1. The molecule has 2 aliphatic heterocycles.